The molecule has 4 aliphatic heterocycles. The third-order valence-electron chi connectivity index (χ3n) is 8.93. The second kappa shape index (κ2) is 10.5. The van der Waals surface area contributed by atoms with Crippen LogP contribution in [-0.4, -0.2) is 106 Å². The first-order valence-corrected chi connectivity index (χ1v) is 14.5. The molecule has 2 bridgehead atoms. The summed E-state index contributed by atoms with van der Waals surface area (Å²) >= 11 is 0. The fraction of sp³-hybridized carbons (Fsp3) is 0.500. The van der Waals surface area contributed by atoms with E-state index in [4.69, 9.17) is 17.6 Å². The van der Waals surface area contributed by atoms with E-state index in [-0.39, 0.29) is 12.2 Å². The van der Waals surface area contributed by atoms with Crippen LogP contribution in [0.2, 0.25) is 0 Å². The van der Waals surface area contributed by atoms with Crippen molar-refractivity contribution in [2.75, 3.05) is 73.6 Å². The zero-order valence-electron chi connectivity index (χ0n) is 23.0. The molecule has 2 aromatic heterocycles. The number of benzene rings is 1. The molecular weight excluding hydrogens is 499 g/mol. The molecule has 4 atom stereocenters. The number of nitriles is 1. The van der Waals surface area contributed by atoms with E-state index >= 15 is 0 Å². The second-order valence-electron chi connectivity index (χ2n) is 11.7. The van der Waals surface area contributed by atoms with Crippen LogP contribution in [0.1, 0.15) is 18.9 Å². The number of piperazine rings is 2. The zero-order valence-corrected chi connectivity index (χ0v) is 23.0. The van der Waals surface area contributed by atoms with Crippen LogP contribution in [0.5, 0.6) is 0 Å². The number of pyridine rings is 2. The summed E-state index contributed by atoms with van der Waals surface area (Å²) in [7, 11) is 5.94. The van der Waals surface area contributed by atoms with Crippen LogP contribution in [0.4, 0.5) is 17.2 Å². The molecule has 0 saturated carbocycles. The molecule has 4 saturated heterocycles. The van der Waals surface area contributed by atoms with Gasteiger partial charge >= 0.3 is 0 Å². The summed E-state index contributed by atoms with van der Waals surface area (Å²) in [6.07, 6.45) is 3.51. The van der Waals surface area contributed by atoms with Crippen LogP contribution in [0, 0.1) is 11.3 Å². The van der Waals surface area contributed by atoms with Gasteiger partial charge in [0.05, 0.1) is 35.2 Å². The van der Waals surface area contributed by atoms with Crippen LogP contribution in [0.15, 0.2) is 42.6 Å². The van der Waals surface area contributed by atoms with E-state index < -0.39 is 0 Å². The van der Waals surface area contributed by atoms with E-state index in [2.05, 4.69) is 61.2 Å². The molecule has 1 N–H and O–H groups in total. The molecule has 7 rings (SSSR count). The normalized spacial score (nSPS) is 26.9. The number of morpholine rings is 1. The lowest BCUT2D eigenvalue weighted by Gasteiger charge is -2.42. The molecule has 0 aliphatic carbocycles. The summed E-state index contributed by atoms with van der Waals surface area (Å²) in [6, 6.07) is 15.6. The van der Waals surface area contributed by atoms with Crippen LogP contribution in [0.3, 0.4) is 0 Å². The first-order chi connectivity index (χ1) is 19.5. The number of anilines is 3. The largest absolute Gasteiger partial charge is 0.370 e. The van der Waals surface area contributed by atoms with E-state index in [0.29, 0.717) is 28.8 Å². The first-order valence-electron chi connectivity index (χ1n) is 14.5. The summed E-state index contributed by atoms with van der Waals surface area (Å²) in [6.45, 7) is 10.8. The maximum Gasteiger partial charge on any atom is 0.141 e. The van der Waals surface area contributed by atoms with Gasteiger partial charge in [-0.2, -0.15) is 5.26 Å². The van der Waals surface area contributed by atoms with Crippen LogP contribution < -0.4 is 25.6 Å². The first kappa shape index (κ1) is 25.6. The summed E-state index contributed by atoms with van der Waals surface area (Å²) in [4.78, 5) is 19.1. The average Bonchev–Trinajstić information content (AvgIpc) is 3.61. The van der Waals surface area contributed by atoms with Crippen molar-refractivity contribution in [1.29, 1.82) is 5.26 Å². The van der Waals surface area contributed by atoms with Gasteiger partial charge in [-0.25, -0.2) is 4.98 Å². The Kier molecular flexibility index (Phi) is 6.74. The third-order valence-corrected chi connectivity index (χ3v) is 8.93. The number of rotatable bonds is 5. The minimum atomic E-state index is 0.106. The minimum Gasteiger partial charge on any atom is -0.370 e. The Morgan fingerprint density at radius 2 is 1.93 bits per heavy atom. The Bertz CT molecular complexity index is 1420. The standard InChI is InChI=1S/C30H35BN8O/c1-20-16-38(27-5-2-21(13-32)30-26(27)4-6-28(31)35-30)19-25(40-20)18-36-8-10-37(11-9-36)23-3-7-29(34-14-23)39-17-22-12-24(39)15-33-22/h2-7,14,20,22,24-25,33H,8-12,15-19H2,1H3/t20-,22-,24-,25+/m1/s1. The Labute approximate surface area is 237 Å². The van der Waals surface area contributed by atoms with E-state index in [1.165, 1.54) is 12.1 Å². The van der Waals surface area contributed by atoms with Crippen LogP contribution in [-0.2, 0) is 4.74 Å². The maximum atomic E-state index is 9.58. The van der Waals surface area contributed by atoms with Gasteiger partial charge in [-0.05, 0) is 49.3 Å². The van der Waals surface area contributed by atoms with Crippen molar-refractivity contribution in [3.63, 3.8) is 0 Å². The number of ether oxygens (including phenoxy) is 1. The molecule has 0 amide bonds. The van der Waals surface area contributed by atoms with Gasteiger partial charge in [0.1, 0.15) is 19.7 Å². The van der Waals surface area contributed by atoms with Gasteiger partial charge in [-0.15, -0.1) is 0 Å². The molecule has 9 nitrogen and oxygen atoms in total. The van der Waals surface area contributed by atoms with Gasteiger partial charge in [0.15, 0.2) is 0 Å². The van der Waals surface area contributed by atoms with Crippen LogP contribution >= 0.6 is 0 Å². The number of hydrogen-bond donors (Lipinski definition) is 1. The van der Waals surface area contributed by atoms with Crippen molar-refractivity contribution >= 4 is 41.5 Å². The third kappa shape index (κ3) is 4.87. The second-order valence-corrected chi connectivity index (χ2v) is 11.7. The van der Waals surface area contributed by atoms with Crippen molar-refractivity contribution in [2.45, 2.75) is 37.6 Å². The number of nitrogens with one attached hydrogen (secondary N) is 1. The number of aromatic nitrogens is 2. The van der Waals surface area contributed by atoms with Crippen molar-refractivity contribution < 1.29 is 4.74 Å². The molecule has 1 aromatic carbocycles. The van der Waals surface area contributed by atoms with E-state index in [0.717, 1.165) is 75.8 Å². The fourth-order valence-corrected chi connectivity index (χ4v) is 6.98. The summed E-state index contributed by atoms with van der Waals surface area (Å²) in [5.41, 5.74) is 3.93. The lowest BCUT2D eigenvalue weighted by Crippen LogP contribution is -2.54. The molecule has 40 heavy (non-hydrogen) atoms. The molecule has 2 radical (unpaired) electrons. The SMILES string of the molecule is [B]c1ccc2c(N3C[C@H](CN4CCN(c5ccc(N6C[C@H]7C[C@@H]6CN7)nc5)CC4)O[C@H](C)C3)ccc(C#N)c2n1. The Hall–Kier alpha value is -3.39. The Balaban J connectivity index is 0.976. The molecule has 4 aliphatic rings. The van der Waals surface area contributed by atoms with Crippen molar-refractivity contribution in [1.82, 2.24) is 20.2 Å². The van der Waals surface area contributed by atoms with Gasteiger partial charge in [0.25, 0.3) is 0 Å². The molecule has 3 aromatic rings. The topological polar surface area (TPSA) is 83.8 Å². The molecule has 0 unspecified atom stereocenters. The molecular formula is C30H35BN8O. The highest BCUT2D eigenvalue weighted by molar-refractivity contribution is 6.31. The fourth-order valence-electron chi connectivity index (χ4n) is 6.98. The maximum absolute atomic E-state index is 9.58. The Morgan fingerprint density at radius 1 is 1.05 bits per heavy atom. The number of fused-ring (bicyclic) bond motifs is 3. The smallest absolute Gasteiger partial charge is 0.141 e. The molecule has 0 spiro atoms. The number of hydrogen-bond acceptors (Lipinski definition) is 9. The summed E-state index contributed by atoms with van der Waals surface area (Å²) in [5, 5.41) is 14.1. The average molecular weight is 534 g/mol. The van der Waals surface area contributed by atoms with Gasteiger partial charge in [-0.1, -0.05) is 6.07 Å². The van der Waals surface area contributed by atoms with Crippen molar-refractivity contribution in [3.05, 3.63) is 48.2 Å². The minimum absolute atomic E-state index is 0.106. The highest BCUT2D eigenvalue weighted by Gasteiger charge is 2.38. The van der Waals surface area contributed by atoms with Crippen LogP contribution in [0.25, 0.3) is 10.9 Å². The molecule has 10 heteroatoms. The zero-order chi connectivity index (χ0) is 27.2. The monoisotopic (exact) mass is 534 g/mol. The molecule has 4 fully saturated rings. The quantitative estimate of drug-likeness (QED) is 0.487. The lowest BCUT2D eigenvalue weighted by atomic mass is 10.00. The number of nitrogens with zero attached hydrogens (tertiary/aromatic N) is 7. The predicted octanol–water partition coefficient (Wildman–Crippen LogP) is 1.26. The van der Waals surface area contributed by atoms with Crippen molar-refractivity contribution in [3.8, 4) is 6.07 Å². The van der Waals surface area contributed by atoms with E-state index in [1.807, 2.05) is 24.3 Å². The van der Waals surface area contributed by atoms with E-state index in [1.54, 1.807) is 0 Å². The van der Waals surface area contributed by atoms with Gasteiger partial charge < -0.3 is 24.8 Å². The summed E-state index contributed by atoms with van der Waals surface area (Å²) < 4.78 is 6.41. The predicted molar refractivity (Wildman–Crippen MR) is 159 cm³/mol. The van der Waals surface area contributed by atoms with Gasteiger partial charge in [0.2, 0.25) is 0 Å². The van der Waals surface area contributed by atoms with Crippen molar-refractivity contribution in [2.24, 2.45) is 0 Å². The van der Waals surface area contributed by atoms with Gasteiger partial charge in [0, 0.05) is 82.1 Å². The molecule has 6 heterocycles. The lowest BCUT2D eigenvalue weighted by molar-refractivity contribution is -0.0327. The molecule has 204 valence electrons. The summed E-state index contributed by atoms with van der Waals surface area (Å²) in [5.74, 6) is 1.11. The highest BCUT2D eigenvalue weighted by Crippen LogP contribution is 2.31. The highest BCUT2D eigenvalue weighted by atomic mass is 16.5. The van der Waals surface area contributed by atoms with E-state index in [9.17, 15) is 5.26 Å². The Morgan fingerprint density at radius 3 is 2.65 bits per heavy atom. The van der Waals surface area contributed by atoms with Gasteiger partial charge in [-0.3, -0.25) is 9.88 Å².